The minimum atomic E-state index is -0.0596. The maximum Gasteiger partial charge on any atom is 0.230 e. The summed E-state index contributed by atoms with van der Waals surface area (Å²) in [5.41, 5.74) is 3.15. The highest BCUT2D eigenvalue weighted by molar-refractivity contribution is 7.99. The number of hydrogen-bond acceptors (Lipinski definition) is 4. The Morgan fingerprint density at radius 1 is 1.03 bits per heavy atom. The first-order valence-corrected chi connectivity index (χ1v) is 10.8. The van der Waals surface area contributed by atoms with Crippen LogP contribution < -0.4 is 5.32 Å². The number of halogens is 1. The minimum absolute atomic E-state index is 0.0596. The van der Waals surface area contributed by atoms with Gasteiger partial charge in [0.1, 0.15) is 0 Å². The van der Waals surface area contributed by atoms with Crippen molar-refractivity contribution in [2.24, 2.45) is 0 Å². The minimum Gasteiger partial charge on any atom is -0.351 e. The van der Waals surface area contributed by atoms with E-state index in [0.29, 0.717) is 22.5 Å². The molecule has 0 spiro atoms. The first-order chi connectivity index (χ1) is 14.6. The van der Waals surface area contributed by atoms with Gasteiger partial charge in [0, 0.05) is 29.5 Å². The smallest absolute Gasteiger partial charge is 0.230 e. The van der Waals surface area contributed by atoms with E-state index in [1.54, 1.807) is 0 Å². The van der Waals surface area contributed by atoms with Crippen molar-refractivity contribution < 1.29 is 4.79 Å². The molecule has 1 N–H and O–H groups in total. The molecule has 1 amide bonds. The molecule has 0 saturated carbocycles. The van der Waals surface area contributed by atoms with Gasteiger partial charge in [0.25, 0.3) is 0 Å². The van der Waals surface area contributed by atoms with E-state index < -0.39 is 0 Å². The van der Waals surface area contributed by atoms with Gasteiger partial charge < -0.3 is 5.32 Å². The summed E-state index contributed by atoms with van der Waals surface area (Å²) in [6.45, 7) is 2.54. The zero-order valence-corrected chi connectivity index (χ0v) is 17.9. The molecule has 0 aliphatic heterocycles. The molecule has 152 valence electrons. The molecule has 0 fully saturated rings. The quantitative estimate of drug-likeness (QED) is 0.434. The molecular formula is C22H20ClN5OS. The van der Waals surface area contributed by atoms with Crippen molar-refractivity contribution >= 4 is 29.3 Å². The summed E-state index contributed by atoms with van der Waals surface area (Å²) in [7, 11) is 0. The monoisotopic (exact) mass is 437 g/mol. The zero-order valence-electron chi connectivity index (χ0n) is 16.3. The molecule has 0 aliphatic carbocycles. The fraction of sp³-hybridized carbons (Fsp3) is 0.136. The van der Waals surface area contributed by atoms with Crippen molar-refractivity contribution in [2.45, 2.75) is 18.6 Å². The summed E-state index contributed by atoms with van der Waals surface area (Å²) in [5, 5.41) is 12.9. The molecule has 4 rings (SSSR count). The van der Waals surface area contributed by atoms with E-state index in [1.165, 1.54) is 17.3 Å². The van der Waals surface area contributed by atoms with Gasteiger partial charge in [-0.3, -0.25) is 9.47 Å². The highest BCUT2D eigenvalue weighted by atomic mass is 35.5. The van der Waals surface area contributed by atoms with Gasteiger partial charge in [-0.1, -0.05) is 53.2 Å². The van der Waals surface area contributed by atoms with E-state index in [9.17, 15) is 4.79 Å². The fourth-order valence-corrected chi connectivity index (χ4v) is 3.78. The van der Waals surface area contributed by atoms with E-state index in [0.717, 1.165) is 11.1 Å². The molecule has 0 radical (unpaired) electrons. The van der Waals surface area contributed by atoms with Crippen molar-refractivity contribution in [3.8, 4) is 11.4 Å². The Labute approximate surface area is 183 Å². The van der Waals surface area contributed by atoms with Gasteiger partial charge >= 0.3 is 0 Å². The van der Waals surface area contributed by atoms with Crippen LogP contribution >= 0.6 is 23.4 Å². The van der Waals surface area contributed by atoms with Gasteiger partial charge in [0.15, 0.2) is 5.82 Å². The summed E-state index contributed by atoms with van der Waals surface area (Å²) in [5.74, 6) is 0.854. The number of rotatable bonds is 7. The summed E-state index contributed by atoms with van der Waals surface area (Å²) >= 11 is 7.35. The third kappa shape index (κ3) is 4.75. The normalized spacial score (nSPS) is 10.9. The Morgan fingerprint density at radius 3 is 2.43 bits per heavy atom. The van der Waals surface area contributed by atoms with E-state index in [1.807, 2.05) is 89.3 Å². The lowest BCUT2D eigenvalue weighted by Gasteiger charge is -2.11. The van der Waals surface area contributed by atoms with Gasteiger partial charge in [-0.05, 0) is 48.9 Å². The van der Waals surface area contributed by atoms with E-state index >= 15 is 0 Å². The molecule has 2 aromatic heterocycles. The molecule has 0 aliphatic rings. The molecule has 0 bridgehead atoms. The number of carbonyl (C=O) groups is 1. The fourth-order valence-electron chi connectivity index (χ4n) is 2.89. The average Bonchev–Trinajstić information content (AvgIpc) is 3.42. The van der Waals surface area contributed by atoms with Crippen LogP contribution in [0.25, 0.3) is 11.4 Å². The molecule has 6 nitrogen and oxygen atoms in total. The Kier molecular flexibility index (Phi) is 6.21. The maximum absolute atomic E-state index is 12.4. The Morgan fingerprint density at radius 2 is 1.73 bits per heavy atom. The highest BCUT2D eigenvalue weighted by Crippen LogP contribution is 2.25. The van der Waals surface area contributed by atoms with Crippen LogP contribution in [0.2, 0.25) is 5.02 Å². The van der Waals surface area contributed by atoms with Crippen LogP contribution in [0.5, 0.6) is 0 Å². The van der Waals surface area contributed by atoms with Crippen molar-refractivity contribution in [1.82, 2.24) is 24.9 Å². The molecule has 4 aromatic rings. The molecular weight excluding hydrogens is 418 g/mol. The number of nitrogens with one attached hydrogen (secondary N) is 1. The van der Waals surface area contributed by atoms with Crippen LogP contribution in [0.4, 0.5) is 0 Å². The van der Waals surface area contributed by atoms with Crippen molar-refractivity contribution in [2.75, 3.05) is 5.75 Å². The summed E-state index contributed by atoms with van der Waals surface area (Å²) < 4.78 is 3.76. The van der Waals surface area contributed by atoms with Crippen LogP contribution in [-0.4, -0.2) is 31.2 Å². The van der Waals surface area contributed by atoms with Gasteiger partial charge in [0.05, 0.1) is 5.75 Å². The number of benzene rings is 2. The lowest BCUT2D eigenvalue weighted by Crippen LogP contribution is -2.24. The first-order valence-electron chi connectivity index (χ1n) is 9.40. The average molecular weight is 438 g/mol. The number of carbonyl (C=O) groups excluding carboxylic acids is 1. The highest BCUT2D eigenvalue weighted by Gasteiger charge is 2.17. The summed E-state index contributed by atoms with van der Waals surface area (Å²) in [6.07, 6.45) is 3.81. The standard InChI is InChI=1S/C22H20ClN5OS/c1-16-4-6-17(7-5-16)14-24-20(29)15-30-22-26-25-21(18-8-10-19(23)11-9-18)28(22)27-12-2-3-13-27/h2-13H,14-15H2,1H3,(H,24,29). The second-order valence-electron chi connectivity index (χ2n) is 6.74. The second kappa shape index (κ2) is 9.19. The third-order valence-corrected chi connectivity index (χ3v) is 5.65. The van der Waals surface area contributed by atoms with Crippen LogP contribution in [0.15, 0.2) is 78.2 Å². The number of thioether (sulfide) groups is 1. The van der Waals surface area contributed by atoms with Crippen molar-refractivity contribution in [3.63, 3.8) is 0 Å². The lowest BCUT2D eigenvalue weighted by molar-refractivity contribution is -0.118. The molecule has 2 heterocycles. The molecule has 8 heteroatoms. The number of amides is 1. The molecule has 2 aromatic carbocycles. The van der Waals surface area contributed by atoms with Crippen molar-refractivity contribution in [1.29, 1.82) is 0 Å². The van der Waals surface area contributed by atoms with Gasteiger partial charge in [-0.2, -0.15) is 0 Å². The molecule has 0 unspecified atom stereocenters. The predicted molar refractivity (Wildman–Crippen MR) is 119 cm³/mol. The topological polar surface area (TPSA) is 64.7 Å². The van der Waals surface area contributed by atoms with Gasteiger partial charge in [-0.25, -0.2) is 4.68 Å². The largest absolute Gasteiger partial charge is 0.351 e. The Balaban J connectivity index is 1.48. The Hall–Kier alpha value is -3.03. The number of aryl methyl sites for hydroxylation is 1. The maximum atomic E-state index is 12.4. The van der Waals surface area contributed by atoms with Crippen molar-refractivity contribution in [3.05, 3.63) is 89.2 Å². The van der Waals surface area contributed by atoms with Crippen LogP contribution in [0.3, 0.4) is 0 Å². The van der Waals surface area contributed by atoms with E-state index in [-0.39, 0.29) is 11.7 Å². The van der Waals surface area contributed by atoms with Crippen LogP contribution in [0.1, 0.15) is 11.1 Å². The SMILES string of the molecule is Cc1ccc(CNC(=O)CSc2nnc(-c3ccc(Cl)cc3)n2-n2cccc2)cc1. The zero-order chi connectivity index (χ0) is 20.9. The predicted octanol–water partition coefficient (Wildman–Crippen LogP) is 4.43. The van der Waals surface area contributed by atoms with Gasteiger partial charge in [-0.15, -0.1) is 10.2 Å². The number of aromatic nitrogens is 4. The second-order valence-corrected chi connectivity index (χ2v) is 8.12. The molecule has 0 atom stereocenters. The Bertz CT molecular complexity index is 1120. The van der Waals surface area contributed by atoms with Gasteiger partial charge in [0.2, 0.25) is 11.1 Å². The number of hydrogen-bond donors (Lipinski definition) is 1. The van der Waals surface area contributed by atoms with E-state index in [4.69, 9.17) is 11.6 Å². The van der Waals surface area contributed by atoms with Crippen LogP contribution in [0, 0.1) is 6.92 Å². The van der Waals surface area contributed by atoms with Crippen LogP contribution in [-0.2, 0) is 11.3 Å². The summed E-state index contributed by atoms with van der Waals surface area (Å²) in [4.78, 5) is 12.4. The number of nitrogens with zero attached hydrogens (tertiary/aromatic N) is 4. The first kappa shape index (κ1) is 20.3. The molecule has 0 saturated heterocycles. The third-order valence-electron chi connectivity index (χ3n) is 4.48. The van der Waals surface area contributed by atoms with E-state index in [2.05, 4.69) is 15.5 Å². The summed E-state index contributed by atoms with van der Waals surface area (Å²) in [6, 6.07) is 19.4. The molecule has 30 heavy (non-hydrogen) atoms. The lowest BCUT2D eigenvalue weighted by atomic mass is 10.1.